The van der Waals surface area contributed by atoms with Crippen LogP contribution in [0, 0.1) is 5.92 Å². The first-order valence-corrected chi connectivity index (χ1v) is 10.1. The summed E-state index contributed by atoms with van der Waals surface area (Å²) >= 11 is 1.65. The second-order valence-corrected chi connectivity index (χ2v) is 8.50. The van der Waals surface area contributed by atoms with Crippen LogP contribution in [0.15, 0.2) is 58.3 Å². The van der Waals surface area contributed by atoms with Gasteiger partial charge in [0.1, 0.15) is 0 Å². The molecule has 2 aromatic carbocycles. The third-order valence-corrected chi connectivity index (χ3v) is 6.35. The molecule has 5 heteroatoms. The minimum Gasteiger partial charge on any atom is -0.399 e. The molecule has 4 nitrogen and oxygen atoms in total. The fourth-order valence-electron chi connectivity index (χ4n) is 3.96. The number of benzene rings is 2. The number of nitrogen functional groups attached to an aromatic ring is 1. The van der Waals surface area contributed by atoms with Crippen molar-refractivity contribution < 1.29 is 4.79 Å². The van der Waals surface area contributed by atoms with Crippen LogP contribution in [0.5, 0.6) is 0 Å². The highest BCUT2D eigenvalue weighted by Gasteiger charge is 2.29. The van der Waals surface area contributed by atoms with E-state index in [1.807, 2.05) is 48.5 Å². The number of fused-ring (bicyclic) bond motifs is 4. The second-order valence-electron chi connectivity index (χ2n) is 7.35. The van der Waals surface area contributed by atoms with Gasteiger partial charge in [-0.1, -0.05) is 17.8 Å². The highest BCUT2D eigenvalue weighted by atomic mass is 32.2. The number of hydrogen-bond acceptors (Lipinski definition) is 4. The van der Waals surface area contributed by atoms with Crippen LogP contribution in [-0.2, 0) is 0 Å². The van der Waals surface area contributed by atoms with Crippen LogP contribution in [0.25, 0.3) is 0 Å². The van der Waals surface area contributed by atoms with Crippen LogP contribution in [0.4, 0.5) is 5.69 Å². The zero-order chi connectivity index (χ0) is 17.9. The van der Waals surface area contributed by atoms with E-state index in [0.29, 0.717) is 0 Å². The van der Waals surface area contributed by atoms with Gasteiger partial charge in [0.25, 0.3) is 5.91 Å². The Balaban J connectivity index is 1.37. The van der Waals surface area contributed by atoms with E-state index in [-0.39, 0.29) is 11.9 Å². The Labute approximate surface area is 159 Å². The first kappa shape index (κ1) is 17.4. The minimum atomic E-state index is 0.0398. The lowest BCUT2D eigenvalue weighted by Crippen LogP contribution is -2.41. The molecule has 3 saturated heterocycles. The van der Waals surface area contributed by atoms with E-state index < -0.39 is 0 Å². The first-order valence-electron chi connectivity index (χ1n) is 9.32. The summed E-state index contributed by atoms with van der Waals surface area (Å²) in [5.41, 5.74) is 7.32. The smallest absolute Gasteiger partial charge is 0.251 e. The number of amides is 1. The van der Waals surface area contributed by atoms with E-state index in [9.17, 15) is 4.79 Å². The van der Waals surface area contributed by atoms with Crippen molar-refractivity contribution in [2.45, 2.75) is 35.1 Å². The normalized spacial score (nSPS) is 24.8. The van der Waals surface area contributed by atoms with Gasteiger partial charge in [0.2, 0.25) is 0 Å². The molecule has 3 fully saturated rings. The van der Waals surface area contributed by atoms with Gasteiger partial charge in [0, 0.05) is 33.6 Å². The van der Waals surface area contributed by atoms with Crippen molar-refractivity contribution in [1.82, 2.24) is 10.2 Å². The molecule has 5 rings (SSSR count). The number of rotatable bonds is 4. The number of hydrogen-bond donors (Lipinski definition) is 2. The third-order valence-electron chi connectivity index (χ3n) is 5.35. The van der Waals surface area contributed by atoms with Crippen LogP contribution in [0.2, 0.25) is 0 Å². The van der Waals surface area contributed by atoms with Crippen LogP contribution in [0.3, 0.4) is 0 Å². The molecular formula is C21H25N3OS. The summed E-state index contributed by atoms with van der Waals surface area (Å²) in [5, 5.41) is 3.25. The maximum Gasteiger partial charge on any atom is 0.251 e. The largest absolute Gasteiger partial charge is 0.399 e. The van der Waals surface area contributed by atoms with Gasteiger partial charge in [-0.15, -0.1) is 0 Å². The fraction of sp³-hybridized carbons (Fsp3) is 0.381. The third kappa shape index (κ3) is 4.22. The van der Waals surface area contributed by atoms with Gasteiger partial charge >= 0.3 is 0 Å². The molecule has 2 aromatic rings. The number of piperidine rings is 1. The lowest BCUT2D eigenvalue weighted by atomic mass is 9.94. The molecule has 3 aliphatic rings. The molecule has 3 aliphatic heterocycles. The number of carbonyl (C=O) groups is 1. The average molecular weight is 368 g/mol. The Hall–Kier alpha value is -1.98. The average Bonchev–Trinajstić information content (AvgIpc) is 2.94. The molecule has 1 atom stereocenters. The van der Waals surface area contributed by atoms with E-state index in [2.05, 4.69) is 10.2 Å². The SMILES string of the molecule is Nc1cccc(Sc2ccc(C(=O)NC3CC4CCN(CC4)C3)cc2)c1. The van der Waals surface area contributed by atoms with Crippen LogP contribution in [0.1, 0.15) is 29.6 Å². The highest BCUT2D eigenvalue weighted by Crippen LogP contribution is 2.29. The van der Waals surface area contributed by atoms with Gasteiger partial charge in [0.05, 0.1) is 0 Å². The van der Waals surface area contributed by atoms with Crippen LogP contribution < -0.4 is 11.1 Å². The van der Waals surface area contributed by atoms with Crippen molar-refractivity contribution in [3.05, 3.63) is 54.1 Å². The van der Waals surface area contributed by atoms with Crippen LogP contribution in [-0.4, -0.2) is 36.5 Å². The zero-order valence-electron chi connectivity index (χ0n) is 14.9. The Morgan fingerprint density at radius 1 is 1.08 bits per heavy atom. The summed E-state index contributed by atoms with van der Waals surface area (Å²) in [4.78, 5) is 17.3. The summed E-state index contributed by atoms with van der Waals surface area (Å²) in [6, 6.07) is 15.9. The van der Waals surface area contributed by atoms with Crippen molar-refractivity contribution in [3.8, 4) is 0 Å². The van der Waals surface area contributed by atoms with Gasteiger partial charge in [-0.05, 0) is 80.7 Å². The topological polar surface area (TPSA) is 58.4 Å². The maximum atomic E-state index is 12.6. The van der Waals surface area contributed by atoms with Crippen molar-refractivity contribution in [2.75, 3.05) is 25.4 Å². The van der Waals surface area contributed by atoms with E-state index >= 15 is 0 Å². The molecule has 136 valence electrons. The van der Waals surface area contributed by atoms with Gasteiger partial charge < -0.3 is 16.0 Å². The molecule has 26 heavy (non-hydrogen) atoms. The Kier molecular flexibility index (Phi) is 5.18. The van der Waals surface area contributed by atoms with Gasteiger partial charge in [0.15, 0.2) is 0 Å². The summed E-state index contributed by atoms with van der Waals surface area (Å²) in [5.74, 6) is 0.814. The van der Waals surface area contributed by atoms with E-state index in [0.717, 1.165) is 39.9 Å². The Morgan fingerprint density at radius 2 is 1.85 bits per heavy atom. The molecule has 1 unspecified atom stereocenters. The number of anilines is 1. The molecular weight excluding hydrogens is 342 g/mol. The van der Waals surface area contributed by atoms with E-state index in [1.54, 1.807) is 11.8 Å². The lowest BCUT2D eigenvalue weighted by Gasteiger charge is -2.26. The summed E-state index contributed by atoms with van der Waals surface area (Å²) in [6.07, 6.45) is 3.68. The van der Waals surface area contributed by atoms with Gasteiger partial charge in [-0.2, -0.15) is 0 Å². The lowest BCUT2D eigenvalue weighted by molar-refractivity contribution is 0.0928. The quantitative estimate of drug-likeness (QED) is 0.810. The molecule has 3 heterocycles. The summed E-state index contributed by atoms with van der Waals surface area (Å²) < 4.78 is 0. The highest BCUT2D eigenvalue weighted by molar-refractivity contribution is 7.99. The van der Waals surface area contributed by atoms with E-state index in [1.165, 1.54) is 25.9 Å². The van der Waals surface area contributed by atoms with Crippen molar-refractivity contribution in [3.63, 3.8) is 0 Å². The number of nitrogens with two attached hydrogens (primary N) is 1. The first-order chi connectivity index (χ1) is 12.7. The number of carbonyl (C=O) groups excluding carboxylic acids is 1. The summed E-state index contributed by atoms with van der Waals surface area (Å²) in [7, 11) is 0. The van der Waals surface area contributed by atoms with Crippen LogP contribution >= 0.6 is 11.8 Å². The fourth-order valence-corrected chi connectivity index (χ4v) is 4.84. The Bertz CT molecular complexity index is 755. The molecule has 0 radical (unpaired) electrons. The molecule has 0 aliphatic carbocycles. The molecule has 0 aromatic heterocycles. The minimum absolute atomic E-state index is 0.0398. The molecule has 1 amide bonds. The summed E-state index contributed by atoms with van der Waals surface area (Å²) in [6.45, 7) is 3.37. The van der Waals surface area contributed by atoms with Crippen molar-refractivity contribution >= 4 is 23.4 Å². The van der Waals surface area contributed by atoms with Gasteiger partial charge in [-0.25, -0.2) is 0 Å². The molecule has 0 spiro atoms. The predicted octanol–water partition coefficient (Wildman–Crippen LogP) is 3.63. The van der Waals surface area contributed by atoms with Gasteiger partial charge in [-0.3, -0.25) is 4.79 Å². The van der Waals surface area contributed by atoms with Crippen molar-refractivity contribution in [1.29, 1.82) is 0 Å². The van der Waals surface area contributed by atoms with Crippen molar-refractivity contribution in [2.24, 2.45) is 5.92 Å². The Morgan fingerprint density at radius 3 is 2.58 bits per heavy atom. The number of nitrogens with zero attached hydrogens (tertiary/aromatic N) is 1. The molecule has 0 saturated carbocycles. The second kappa shape index (κ2) is 7.72. The maximum absolute atomic E-state index is 12.6. The predicted molar refractivity (Wildman–Crippen MR) is 106 cm³/mol. The number of nitrogens with one attached hydrogen (secondary N) is 1. The molecule has 2 bridgehead atoms. The monoisotopic (exact) mass is 367 g/mol. The zero-order valence-corrected chi connectivity index (χ0v) is 15.7. The molecule has 3 N–H and O–H groups in total. The standard InChI is InChI=1S/C21H25N3OS/c22-17-2-1-3-20(13-17)26-19-6-4-16(5-7-19)21(25)23-18-12-15-8-10-24(14-18)11-9-15/h1-7,13,15,18H,8-12,14,22H2,(H,23,25). The van der Waals surface area contributed by atoms with E-state index in [4.69, 9.17) is 5.73 Å².